The number of fused-ring (bicyclic) bond motifs is 3. The first kappa shape index (κ1) is 14.6. The summed E-state index contributed by atoms with van der Waals surface area (Å²) >= 11 is 0. The Morgan fingerprint density at radius 2 is 1.25 bits per heavy atom. The fourth-order valence-electron chi connectivity index (χ4n) is 4.20. The molecule has 2 aliphatic heterocycles. The normalized spacial score (nSPS) is 39.1. The van der Waals surface area contributed by atoms with E-state index < -0.39 is 11.4 Å². The molecule has 0 radical (unpaired) electrons. The van der Waals surface area contributed by atoms with Gasteiger partial charge in [0, 0.05) is 6.42 Å². The summed E-state index contributed by atoms with van der Waals surface area (Å²) in [6.45, 7) is 3.74. The van der Waals surface area contributed by atoms with Gasteiger partial charge in [-0.2, -0.15) is 0 Å². The number of hydrogen-bond acceptors (Lipinski definition) is 4. The van der Waals surface area contributed by atoms with Crippen molar-refractivity contribution < 1.29 is 19.2 Å². The van der Waals surface area contributed by atoms with Crippen LogP contribution in [-0.2, 0) is 30.5 Å². The van der Waals surface area contributed by atoms with Gasteiger partial charge in [-0.25, -0.2) is 9.78 Å². The van der Waals surface area contributed by atoms with Crippen LogP contribution in [0.4, 0.5) is 0 Å². The molecule has 4 atom stereocenters. The van der Waals surface area contributed by atoms with Gasteiger partial charge in [0.25, 0.3) is 0 Å². The number of benzene rings is 2. The topological polar surface area (TPSA) is 40.2 Å². The molecule has 4 nitrogen and oxygen atoms in total. The average Bonchev–Trinajstić information content (AvgIpc) is 3.26. The minimum absolute atomic E-state index is 0.0247. The number of hydrogen-bond donors (Lipinski definition) is 0. The van der Waals surface area contributed by atoms with E-state index in [0.717, 1.165) is 5.56 Å². The molecule has 2 aromatic carbocycles. The molecule has 0 spiro atoms. The van der Waals surface area contributed by atoms with Crippen molar-refractivity contribution in [2.45, 2.75) is 49.5 Å². The fourth-order valence-corrected chi connectivity index (χ4v) is 4.20. The summed E-state index contributed by atoms with van der Waals surface area (Å²) in [6, 6.07) is 20.5. The molecule has 0 bridgehead atoms. The summed E-state index contributed by atoms with van der Waals surface area (Å²) in [5.41, 5.74) is 1.24. The van der Waals surface area contributed by atoms with Crippen LogP contribution in [0.15, 0.2) is 60.7 Å². The molecule has 2 saturated heterocycles. The van der Waals surface area contributed by atoms with E-state index >= 15 is 0 Å². The van der Waals surface area contributed by atoms with Crippen LogP contribution in [0.5, 0.6) is 0 Å². The Morgan fingerprint density at radius 1 is 0.708 bits per heavy atom. The Kier molecular flexibility index (Phi) is 2.84. The van der Waals surface area contributed by atoms with E-state index in [9.17, 15) is 0 Å². The highest BCUT2D eigenvalue weighted by Crippen LogP contribution is 2.67. The molecule has 0 unspecified atom stereocenters. The molecule has 5 rings (SSSR count). The first-order valence-corrected chi connectivity index (χ1v) is 8.39. The summed E-state index contributed by atoms with van der Waals surface area (Å²) in [6.07, 6.45) is 0.450. The minimum atomic E-state index is -0.790. The van der Waals surface area contributed by atoms with E-state index in [-0.39, 0.29) is 17.8 Å². The van der Waals surface area contributed by atoms with Crippen LogP contribution < -0.4 is 0 Å². The summed E-state index contributed by atoms with van der Waals surface area (Å²) < 4.78 is 12.5. The van der Waals surface area contributed by atoms with Crippen molar-refractivity contribution >= 4 is 0 Å². The molecule has 2 heterocycles. The van der Waals surface area contributed by atoms with Crippen molar-refractivity contribution in [3.05, 3.63) is 71.8 Å². The zero-order valence-electron chi connectivity index (χ0n) is 13.8. The van der Waals surface area contributed by atoms with E-state index in [4.69, 9.17) is 19.2 Å². The second-order valence-corrected chi connectivity index (χ2v) is 7.33. The van der Waals surface area contributed by atoms with Crippen LogP contribution in [-0.4, -0.2) is 18.0 Å². The van der Waals surface area contributed by atoms with Gasteiger partial charge in [0.2, 0.25) is 0 Å². The van der Waals surface area contributed by atoms with Gasteiger partial charge in [-0.05, 0) is 25.0 Å². The van der Waals surface area contributed by atoms with Crippen LogP contribution in [0.25, 0.3) is 0 Å². The van der Waals surface area contributed by atoms with E-state index in [1.807, 2.05) is 50.2 Å². The Morgan fingerprint density at radius 3 is 1.88 bits per heavy atom. The zero-order valence-corrected chi connectivity index (χ0v) is 13.8. The third-order valence-corrected chi connectivity index (χ3v) is 5.33. The van der Waals surface area contributed by atoms with Crippen LogP contribution in [0.2, 0.25) is 0 Å². The van der Waals surface area contributed by atoms with Gasteiger partial charge in [-0.3, -0.25) is 0 Å². The second-order valence-electron chi connectivity index (χ2n) is 7.33. The van der Waals surface area contributed by atoms with E-state index in [1.54, 1.807) is 0 Å². The zero-order chi connectivity index (χ0) is 16.4. The minimum Gasteiger partial charge on any atom is -0.358 e. The lowest BCUT2D eigenvalue weighted by Gasteiger charge is -2.45. The Bertz CT molecular complexity index is 760. The number of rotatable bonds is 2. The van der Waals surface area contributed by atoms with Gasteiger partial charge in [0.1, 0.15) is 17.8 Å². The van der Waals surface area contributed by atoms with E-state index in [0.29, 0.717) is 6.42 Å². The predicted molar refractivity (Wildman–Crippen MR) is 86.9 cm³/mol. The second kappa shape index (κ2) is 4.67. The molecule has 3 fully saturated rings. The van der Waals surface area contributed by atoms with E-state index in [1.165, 1.54) is 5.56 Å². The highest BCUT2D eigenvalue weighted by atomic mass is 17.3. The van der Waals surface area contributed by atoms with Crippen LogP contribution >= 0.6 is 0 Å². The summed E-state index contributed by atoms with van der Waals surface area (Å²) in [5.74, 6) is -0.790. The van der Waals surface area contributed by atoms with Crippen molar-refractivity contribution in [1.82, 2.24) is 0 Å². The van der Waals surface area contributed by atoms with Gasteiger partial charge >= 0.3 is 0 Å². The van der Waals surface area contributed by atoms with Crippen molar-refractivity contribution in [1.29, 1.82) is 0 Å². The molecule has 1 saturated carbocycles. The lowest BCUT2D eigenvalue weighted by Crippen LogP contribution is -2.54. The largest absolute Gasteiger partial charge is 0.358 e. The first-order chi connectivity index (χ1) is 11.6. The van der Waals surface area contributed by atoms with Gasteiger partial charge < -0.3 is 9.47 Å². The van der Waals surface area contributed by atoms with Gasteiger partial charge in [0.15, 0.2) is 11.4 Å². The number of epoxide rings is 1. The standard InChI is InChI=1S/C20H20O4/c1-18(2)21-17-16-19(22-16,14-9-5-3-6-10-14)13-20(17,24-23-18)15-11-7-4-8-12-15/h3-12,16-17H,13H2,1-2H3/t16-,17-,19-,20-/m1/s1. The Balaban J connectivity index is 1.61. The monoisotopic (exact) mass is 324 g/mol. The quantitative estimate of drug-likeness (QED) is 0.624. The summed E-state index contributed by atoms with van der Waals surface area (Å²) in [5, 5.41) is 0. The molecule has 1 aliphatic carbocycles. The van der Waals surface area contributed by atoms with Crippen molar-refractivity contribution in [2.24, 2.45) is 0 Å². The highest BCUT2D eigenvalue weighted by Gasteiger charge is 2.78. The molecule has 3 aliphatic rings. The SMILES string of the molecule is CC1(C)OO[C@@]2(c3ccccc3)C[C@]3(c4ccccc4)O[C@@H]3[C@H]2O1. The molecule has 2 aromatic rings. The molecular weight excluding hydrogens is 304 g/mol. The molecule has 24 heavy (non-hydrogen) atoms. The van der Waals surface area contributed by atoms with Gasteiger partial charge in [0.05, 0.1) is 0 Å². The predicted octanol–water partition coefficient (Wildman–Crippen LogP) is 3.66. The highest BCUT2D eigenvalue weighted by molar-refractivity contribution is 5.40. The van der Waals surface area contributed by atoms with Crippen LogP contribution in [0.1, 0.15) is 31.4 Å². The van der Waals surface area contributed by atoms with Crippen molar-refractivity contribution in [2.75, 3.05) is 0 Å². The molecule has 4 heteroatoms. The average molecular weight is 324 g/mol. The van der Waals surface area contributed by atoms with Gasteiger partial charge in [-0.1, -0.05) is 60.7 Å². The Hall–Kier alpha value is -1.72. The first-order valence-electron chi connectivity index (χ1n) is 8.39. The summed E-state index contributed by atoms with van der Waals surface area (Å²) in [7, 11) is 0. The van der Waals surface area contributed by atoms with Crippen LogP contribution in [0, 0.1) is 0 Å². The lowest BCUT2D eigenvalue weighted by molar-refractivity contribution is -0.525. The molecule has 0 aromatic heterocycles. The van der Waals surface area contributed by atoms with Crippen molar-refractivity contribution in [3.63, 3.8) is 0 Å². The molecule has 0 amide bonds. The van der Waals surface area contributed by atoms with Crippen molar-refractivity contribution in [3.8, 4) is 0 Å². The summed E-state index contributed by atoms with van der Waals surface area (Å²) in [4.78, 5) is 11.6. The smallest absolute Gasteiger partial charge is 0.196 e. The molecule has 124 valence electrons. The van der Waals surface area contributed by atoms with Crippen LogP contribution in [0.3, 0.4) is 0 Å². The third kappa shape index (κ3) is 1.88. The maximum Gasteiger partial charge on any atom is 0.196 e. The third-order valence-electron chi connectivity index (χ3n) is 5.33. The number of ether oxygens (including phenoxy) is 2. The molecular formula is C20H20O4. The Labute approximate surface area is 141 Å². The maximum atomic E-state index is 6.28. The lowest BCUT2D eigenvalue weighted by atomic mass is 9.86. The van der Waals surface area contributed by atoms with Gasteiger partial charge in [-0.15, -0.1) is 0 Å². The fraction of sp³-hybridized carbons (Fsp3) is 0.400. The van der Waals surface area contributed by atoms with E-state index in [2.05, 4.69) is 24.3 Å². The maximum absolute atomic E-state index is 6.28. The molecule has 0 N–H and O–H groups in total.